The summed E-state index contributed by atoms with van der Waals surface area (Å²) in [5.41, 5.74) is 8.72. The van der Waals surface area contributed by atoms with Crippen molar-refractivity contribution in [2.45, 2.75) is 0 Å². The van der Waals surface area contributed by atoms with Crippen LogP contribution in [-0.2, 0) is 0 Å². The number of hydrogen-bond acceptors (Lipinski definition) is 3. The molecule has 2 aromatic carbocycles. The van der Waals surface area contributed by atoms with Gasteiger partial charge in [-0.3, -0.25) is 4.57 Å². The highest BCUT2D eigenvalue weighted by atomic mass is 79.9. The molecule has 0 spiro atoms. The zero-order valence-electron chi connectivity index (χ0n) is 10.4. The van der Waals surface area contributed by atoms with Crippen molar-refractivity contribution in [1.82, 2.24) is 9.55 Å². The zero-order valence-corrected chi connectivity index (χ0v) is 13.5. The Morgan fingerprint density at radius 1 is 1.19 bits per heavy atom. The van der Waals surface area contributed by atoms with Crippen molar-refractivity contribution in [2.75, 3.05) is 5.73 Å². The molecular formula is C14H7BrCl2N4. The van der Waals surface area contributed by atoms with Gasteiger partial charge in [0.1, 0.15) is 0 Å². The normalized spacial score (nSPS) is 10.8. The lowest BCUT2D eigenvalue weighted by Gasteiger charge is -2.09. The first-order chi connectivity index (χ1) is 10.0. The first-order valence-electron chi connectivity index (χ1n) is 5.84. The van der Waals surface area contributed by atoms with E-state index in [-0.39, 0.29) is 0 Å². The van der Waals surface area contributed by atoms with Crippen LogP contribution < -0.4 is 5.73 Å². The number of halogens is 3. The van der Waals surface area contributed by atoms with Gasteiger partial charge in [0.2, 0.25) is 5.95 Å². The number of imidazole rings is 1. The van der Waals surface area contributed by atoms with Crippen molar-refractivity contribution < 1.29 is 0 Å². The molecule has 104 valence electrons. The van der Waals surface area contributed by atoms with Gasteiger partial charge in [-0.1, -0.05) is 23.2 Å². The fourth-order valence-corrected chi connectivity index (χ4v) is 2.97. The van der Waals surface area contributed by atoms with Crippen molar-refractivity contribution in [3.8, 4) is 11.8 Å². The van der Waals surface area contributed by atoms with Crippen molar-refractivity contribution >= 4 is 56.1 Å². The lowest BCUT2D eigenvalue weighted by molar-refractivity contribution is 1.10. The van der Waals surface area contributed by atoms with Gasteiger partial charge in [-0.05, 0) is 46.3 Å². The number of nitriles is 1. The standard InChI is InChI=1S/C14H7BrCl2N4/c15-8-3-7(6-18)1-2-12(8)21-13-5-10(17)9(16)4-11(13)20-14(21)19/h1-5H,(H2,19,20). The summed E-state index contributed by atoms with van der Waals surface area (Å²) in [7, 11) is 0. The lowest BCUT2D eigenvalue weighted by atomic mass is 10.2. The van der Waals surface area contributed by atoms with E-state index in [9.17, 15) is 0 Å². The van der Waals surface area contributed by atoms with Crippen LogP contribution in [0.1, 0.15) is 5.56 Å². The van der Waals surface area contributed by atoms with Crippen molar-refractivity contribution in [1.29, 1.82) is 5.26 Å². The molecule has 1 heterocycles. The Hall–Kier alpha value is -1.74. The highest BCUT2D eigenvalue weighted by Gasteiger charge is 2.14. The number of nitrogens with zero attached hydrogens (tertiary/aromatic N) is 3. The molecule has 0 aliphatic rings. The number of fused-ring (bicyclic) bond motifs is 1. The van der Waals surface area contributed by atoms with E-state index in [1.54, 1.807) is 34.9 Å². The topological polar surface area (TPSA) is 67.6 Å². The van der Waals surface area contributed by atoms with E-state index in [0.717, 1.165) is 15.7 Å². The van der Waals surface area contributed by atoms with E-state index in [0.29, 0.717) is 27.1 Å². The molecule has 0 aliphatic heterocycles. The Kier molecular flexibility index (Phi) is 3.54. The Bertz CT molecular complexity index is 911. The molecule has 0 amide bonds. The molecule has 0 saturated carbocycles. The summed E-state index contributed by atoms with van der Waals surface area (Å²) >= 11 is 15.5. The van der Waals surface area contributed by atoms with E-state index in [1.165, 1.54) is 0 Å². The van der Waals surface area contributed by atoms with Crippen LogP contribution in [-0.4, -0.2) is 9.55 Å². The Morgan fingerprint density at radius 3 is 2.57 bits per heavy atom. The molecule has 0 atom stereocenters. The van der Waals surface area contributed by atoms with Crippen LogP contribution in [0.3, 0.4) is 0 Å². The van der Waals surface area contributed by atoms with E-state index in [4.69, 9.17) is 34.2 Å². The molecule has 0 aliphatic carbocycles. The van der Waals surface area contributed by atoms with Gasteiger partial charge in [0.25, 0.3) is 0 Å². The van der Waals surface area contributed by atoms with Gasteiger partial charge in [0.05, 0.1) is 38.4 Å². The Morgan fingerprint density at radius 2 is 1.90 bits per heavy atom. The predicted octanol–water partition coefficient (Wildman–Crippen LogP) is 4.55. The molecule has 3 aromatic rings. The van der Waals surface area contributed by atoms with Crippen molar-refractivity contribution in [2.24, 2.45) is 0 Å². The summed E-state index contributed by atoms with van der Waals surface area (Å²) in [6, 6.07) is 10.7. The molecule has 0 fully saturated rings. The average molecular weight is 382 g/mol. The van der Waals surface area contributed by atoms with Crippen LogP contribution in [0.15, 0.2) is 34.8 Å². The highest BCUT2D eigenvalue weighted by Crippen LogP contribution is 2.33. The summed E-state index contributed by atoms with van der Waals surface area (Å²) in [6.45, 7) is 0. The van der Waals surface area contributed by atoms with E-state index < -0.39 is 0 Å². The molecule has 21 heavy (non-hydrogen) atoms. The number of aromatic nitrogens is 2. The summed E-state index contributed by atoms with van der Waals surface area (Å²) in [6.07, 6.45) is 0. The second-order valence-corrected chi connectivity index (χ2v) is 6.01. The predicted molar refractivity (Wildman–Crippen MR) is 87.9 cm³/mol. The molecule has 0 unspecified atom stereocenters. The average Bonchev–Trinajstić information content (AvgIpc) is 2.75. The van der Waals surface area contributed by atoms with E-state index in [2.05, 4.69) is 27.0 Å². The number of benzene rings is 2. The van der Waals surface area contributed by atoms with Crippen molar-refractivity contribution in [3.05, 3.63) is 50.4 Å². The molecule has 7 heteroatoms. The smallest absolute Gasteiger partial charge is 0.205 e. The molecule has 0 radical (unpaired) electrons. The van der Waals surface area contributed by atoms with Gasteiger partial charge in [0.15, 0.2) is 0 Å². The molecule has 1 aromatic heterocycles. The third-order valence-corrected chi connectivity index (χ3v) is 4.40. The van der Waals surface area contributed by atoms with Crippen LogP contribution >= 0.6 is 39.1 Å². The minimum absolute atomic E-state index is 0.314. The van der Waals surface area contributed by atoms with Gasteiger partial charge < -0.3 is 5.73 Å². The zero-order chi connectivity index (χ0) is 15.1. The Labute approximate surface area is 138 Å². The third-order valence-electron chi connectivity index (χ3n) is 3.04. The van der Waals surface area contributed by atoms with Gasteiger partial charge >= 0.3 is 0 Å². The maximum Gasteiger partial charge on any atom is 0.205 e. The summed E-state index contributed by atoms with van der Waals surface area (Å²) in [5.74, 6) is 0.314. The largest absolute Gasteiger partial charge is 0.369 e. The van der Waals surface area contributed by atoms with Gasteiger partial charge in [-0.2, -0.15) is 5.26 Å². The molecule has 0 bridgehead atoms. The number of anilines is 1. The van der Waals surface area contributed by atoms with Crippen LogP contribution in [0.25, 0.3) is 16.7 Å². The van der Waals surface area contributed by atoms with Crippen LogP contribution in [0, 0.1) is 11.3 Å². The molecule has 3 rings (SSSR count). The minimum Gasteiger partial charge on any atom is -0.369 e. The summed E-state index contributed by atoms with van der Waals surface area (Å²) in [5, 5.41) is 9.78. The number of rotatable bonds is 1. The molecule has 0 saturated heterocycles. The third kappa shape index (κ3) is 2.36. The SMILES string of the molecule is N#Cc1ccc(-n2c(N)nc3cc(Cl)c(Cl)cc32)c(Br)c1. The quantitative estimate of drug-likeness (QED) is 0.672. The molecule has 4 nitrogen and oxygen atoms in total. The first-order valence-corrected chi connectivity index (χ1v) is 7.39. The van der Waals surface area contributed by atoms with E-state index in [1.807, 2.05) is 0 Å². The van der Waals surface area contributed by atoms with Gasteiger partial charge in [0, 0.05) is 4.47 Å². The fourth-order valence-electron chi connectivity index (χ4n) is 2.10. The molecular weight excluding hydrogens is 375 g/mol. The maximum absolute atomic E-state index is 8.93. The van der Waals surface area contributed by atoms with E-state index >= 15 is 0 Å². The van der Waals surface area contributed by atoms with Gasteiger partial charge in [-0.15, -0.1) is 0 Å². The van der Waals surface area contributed by atoms with Crippen molar-refractivity contribution in [3.63, 3.8) is 0 Å². The first kappa shape index (κ1) is 14.2. The number of hydrogen-bond donors (Lipinski definition) is 1. The second-order valence-electron chi connectivity index (χ2n) is 4.34. The lowest BCUT2D eigenvalue weighted by Crippen LogP contribution is -2.01. The number of nitrogen functional groups attached to an aromatic ring is 1. The monoisotopic (exact) mass is 380 g/mol. The van der Waals surface area contributed by atoms with Gasteiger partial charge in [-0.25, -0.2) is 4.98 Å². The summed E-state index contributed by atoms with van der Waals surface area (Å²) in [4.78, 5) is 4.29. The highest BCUT2D eigenvalue weighted by molar-refractivity contribution is 9.10. The second kappa shape index (κ2) is 5.23. The van der Waals surface area contributed by atoms with Crippen LogP contribution in [0.2, 0.25) is 10.0 Å². The maximum atomic E-state index is 8.93. The molecule has 2 N–H and O–H groups in total. The minimum atomic E-state index is 0.314. The van der Waals surface area contributed by atoms with Crippen LogP contribution in [0.4, 0.5) is 5.95 Å². The Balaban J connectivity index is 2.32. The van der Waals surface area contributed by atoms with Crippen LogP contribution in [0.5, 0.6) is 0 Å². The fraction of sp³-hybridized carbons (Fsp3) is 0. The number of nitrogens with two attached hydrogens (primary N) is 1. The summed E-state index contributed by atoms with van der Waals surface area (Å²) < 4.78 is 2.49.